The van der Waals surface area contributed by atoms with Gasteiger partial charge in [-0.2, -0.15) is 0 Å². The zero-order valence-corrected chi connectivity index (χ0v) is 22.5. The Labute approximate surface area is 215 Å². The topological polar surface area (TPSA) is 52.6 Å². The zero-order valence-electron chi connectivity index (χ0n) is 19.3. The van der Waals surface area contributed by atoms with Crippen LogP contribution in [-0.4, -0.2) is 20.6 Å². The largest absolute Gasteiger partial charge is 0.425 e. The third-order valence-electron chi connectivity index (χ3n) is 5.41. The molecule has 0 fully saturated rings. The number of alkyl halides is 2. The highest BCUT2D eigenvalue weighted by atomic mass is 79.9. The van der Waals surface area contributed by atoms with E-state index in [1.807, 2.05) is 60.7 Å². The molecule has 0 spiro atoms. The molecule has 4 rings (SSSR count). The van der Waals surface area contributed by atoms with E-state index < -0.39 is 20.6 Å². The number of esters is 2. The molecule has 0 saturated carbocycles. The van der Waals surface area contributed by atoms with Crippen LogP contribution in [0.1, 0.15) is 27.7 Å². The molecule has 6 heteroatoms. The summed E-state index contributed by atoms with van der Waals surface area (Å²) < 4.78 is 10.1. The highest BCUT2D eigenvalue weighted by Gasteiger charge is 2.30. The van der Waals surface area contributed by atoms with Gasteiger partial charge in [0.15, 0.2) is 0 Å². The van der Waals surface area contributed by atoms with Crippen LogP contribution in [0.5, 0.6) is 11.5 Å². The molecular weight excluding hydrogens is 560 g/mol. The fourth-order valence-electron chi connectivity index (χ4n) is 3.63. The molecule has 0 aliphatic heterocycles. The Bertz CT molecular complexity index is 1300. The van der Waals surface area contributed by atoms with Crippen LogP contribution < -0.4 is 9.47 Å². The lowest BCUT2D eigenvalue weighted by atomic mass is 9.92. The second-order valence-corrected chi connectivity index (χ2v) is 13.0. The third kappa shape index (κ3) is 4.89. The minimum absolute atomic E-state index is 0.392. The van der Waals surface area contributed by atoms with Crippen LogP contribution in [-0.2, 0) is 9.59 Å². The van der Waals surface area contributed by atoms with Crippen molar-refractivity contribution in [1.29, 1.82) is 0 Å². The third-order valence-corrected chi connectivity index (χ3v) is 6.06. The first-order valence-corrected chi connectivity index (χ1v) is 12.4. The van der Waals surface area contributed by atoms with E-state index in [1.54, 1.807) is 39.8 Å². The summed E-state index contributed by atoms with van der Waals surface area (Å²) in [6.07, 6.45) is 0. The van der Waals surface area contributed by atoms with E-state index in [0.717, 1.165) is 21.5 Å². The van der Waals surface area contributed by atoms with Gasteiger partial charge in [-0.15, -0.1) is 0 Å². The van der Waals surface area contributed by atoms with Crippen molar-refractivity contribution in [2.45, 2.75) is 36.3 Å². The molecule has 174 valence electrons. The van der Waals surface area contributed by atoms with Crippen molar-refractivity contribution in [2.75, 3.05) is 0 Å². The van der Waals surface area contributed by atoms with Crippen molar-refractivity contribution in [1.82, 2.24) is 0 Å². The molecule has 0 atom stereocenters. The van der Waals surface area contributed by atoms with E-state index in [2.05, 4.69) is 31.9 Å². The molecule has 4 nitrogen and oxygen atoms in total. The van der Waals surface area contributed by atoms with Gasteiger partial charge in [0, 0.05) is 11.1 Å². The number of halogens is 2. The van der Waals surface area contributed by atoms with Crippen molar-refractivity contribution < 1.29 is 19.1 Å². The SMILES string of the molecule is CC(C)(Br)C(=O)Oc1ccc2ccccc2c1-c1c(OC(=O)C(C)(C)Br)ccc2ccccc12. The first-order chi connectivity index (χ1) is 16.0. The Balaban J connectivity index is 2.06. The van der Waals surface area contributed by atoms with Gasteiger partial charge < -0.3 is 9.47 Å². The molecule has 0 saturated heterocycles. The van der Waals surface area contributed by atoms with E-state index in [9.17, 15) is 9.59 Å². The molecule has 4 aromatic rings. The highest BCUT2D eigenvalue weighted by molar-refractivity contribution is 9.10. The molecule has 0 aliphatic rings. The molecular formula is C28H24Br2O4. The first-order valence-electron chi connectivity index (χ1n) is 10.8. The minimum atomic E-state index is -0.871. The summed E-state index contributed by atoms with van der Waals surface area (Å²) in [5.74, 6) is -0.0697. The number of hydrogen-bond acceptors (Lipinski definition) is 4. The molecule has 0 aromatic heterocycles. The maximum absolute atomic E-state index is 12.9. The minimum Gasteiger partial charge on any atom is -0.425 e. The maximum atomic E-state index is 12.9. The monoisotopic (exact) mass is 582 g/mol. The highest BCUT2D eigenvalue weighted by Crippen LogP contribution is 2.46. The molecule has 4 aromatic carbocycles. The van der Waals surface area contributed by atoms with Gasteiger partial charge in [-0.05, 0) is 61.4 Å². The van der Waals surface area contributed by atoms with Crippen molar-refractivity contribution >= 4 is 65.3 Å². The summed E-state index contributed by atoms with van der Waals surface area (Å²) in [5, 5.41) is 3.71. The summed E-state index contributed by atoms with van der Waals surface area (Å²) in [5.41, 5.74) is 1.38. The van der Waals surface area contributed by atoms with Crippen LogP contribution >= 0.6 is 31.9 Å². The average Bonchev–Trinajstić information content (AvgIpc) is 2.78. The van der Waals surface area contributed by atoms with Crippen LogP contribution in [0.3, 0.4) is 0 Å². The second kappa shape index (κ2) is 9.16. The lowest BCUT2D eigenvalue weighted by Gasteiger charge is -2.22. The lowest BCUT2D eigenvalue weighted by molar-refractivity contribution is -0.136. The van der Waals surface area contributed by atoms with Gasteiger partial charge in [0.05, 0.1) is 0 Å². The number of fused-ring (bicyclic) bond motifs is 2. The number of hydrogen-bond donors (Lipinski definition) is 0. The van der Waals surface area contributed by atoms with Crippen molar-refractivity contribution in [2.24, 2.45) is 0 Å². The van der Waals surface area contributed by atoms with Crippen LogP contribution in [0.4, 0.5) is 0 Å². The summed E-state index contributed by atoms with van der Waals surface area (Å²) in [6.45, 7) is 6.94. The average molecular weight is 584 g/mol. The second-order valence-electron chi connectivity index (χ2n) is 9.04. The fraction of sp³-hybridized carbons (Fsp3) is 0.214. The Morgan fingerprint density at radius 1 is 0.588 bits per heavy atom. The van der Waals surface area contributed by atoms with Gasteiger partial charge in [0.25, 0.3) is 0 Å². The number of rotatable bonds is 5. The van der Waals surface area contributed by atoms with E-state index in [4.69, 9.17) is 9.47 Å². The Morgan fingerprint density at radius 3 is 1.29 bits per heavy atom. The molecule has 0 aliphatic carbocycles. The van der Waals surface area contributed by atoms with Crippen molar-refractivity contribution in [3.63, 3.8) is 0 Å². The van der Waals surface area contributed by atoms with Gasteiger partial charge in [-0.3, -0.25) is 9.59 Å². The predicted molar refractivity (Wildman–Crippen MR) is 144 cm³/mol. The molecule has 34 heavy (non-hydrogen) atoms. The van der Waals surface area contributed by atoms with Gasteiger partial charge >= 0.3 is 11.9 Å². The molecule has 0 amide bonds. The van der Waals surface area contributed by atoms with E-state index in [1.165, 1.54) is 0 Å². The molecule has 0 heterocycles. The number of carbonyl (C=O) groups excluding carboxylic acids is 2. The van der Waals surface area contributed by atoms with Crippen LogP contribution in [0.2, 0.25) is 0 Å². The predicted octanol–water partition coefficient (Wildman–Crippen LogP) is 7.82. The summed E-state index contributed by atoms with van der Waals surface area (Å²) in [7, 11) is 0. The summed E-state index contributed by atoms with van der Waals surface area (Å²) >= 11 is 6.78. The fourth-order valence-corrected chi connectivity index (χ4v) is 3.79. The zero-order chi connectivity index (χ0) is 24.7. The summed E-state index contributed by atoms with van der Waals surface area (Å²) in [4.78, 5) is 25.7. The smallest absolute Gasteiger partial charge is 0.327 e. The van der Waals surface area contributed by atoms with Crippen molar-refractivity contribution in [3.05, 3.63) is 72.8 Å². The number of ether oxygens (including phenoxy) is 2. The van der Waals surface area contributed by atoms with Gasteiger partial charge in [0.1, 0.15) is 20.1 Å². The Morgan fingerprint density at radius 2 is 0.941 bits per heavy atom. The van der Waals surface area contributed by atoms with E-state index in [0.29, 0.717) is 22.6 Å². The maximum Gasteiger partial charge on any atom is 0.327 e. The van der Waals surface area contributed by atoms with E-state index in [-0.39, 0.29) is 0 Å². The molecule has 0 bridgehead atoms. The van der Waals surface area contributed by atoms with Crippen LogP contribution in [0, 0.1) is 0 Å². The summed E-state index contributed by atoms with van der Waals surface area (Å²) in [6, 6.07) is 23.1. The van der Waals surface area contributed by atoms with Gasteiger partial charge in [0.2, 0.25) is 0 Å². The standard InChI is InChI=1S/C28H24Br2O4/c1-27(2,29)25(31)33-21-15-13-17-9-5-7-11-19(17)23(21)24-20-12-8-6-10-18(20)14-16-22(24)34-26(32)28(3,4)30/h5-16H,1-4H3. The molecule has 0 unspecified atom stereocenters. The first kappa shape index (κ1) is 24.4. The number of carbonyl (C=O) groups is 2. The van der Waals surface area contributed by atoms with E-state index >= 15 is 0 Å². The lowest BCUT2D eigenvalue weighted by Crippen LogP contribution is -2.29. The number of benzene rings is 4. The normalized spacial score (nSPS) is 12.1. The van der Waals surface area contributed by atoms with Gasteiger partial charge in [-0.25, -0.2) is 0 Å². The molecule has 0 N–H and O–H groups in total. The quantitative estimate of drug-likeness (QED) is 0.136. The molecule has 0 radical (unpaired) electrons. The van der Waals surface area contributed by atoms with Crippen molar-refractivity contribution in [3.8, 4) is 22.6 Å². The Kier molecular flexibility index (Phi) is 6.58. The van der Waals surface area contributed by atoms with Crippen LogP contribution in [0.15, 0.2) is 72.8 Å². The van der Waals surface area contributed by atoms with Gasteiger partial charge in [-0.1, -0.05) is 92.5 Å². The Hall–Kier alpha value is -2.70. The van der Waals surface area contributed by atoms with Crippen LogP contribution in [0.25, 0.3) is 32.7 Å².